The van der Waals surface area contributed by atoms with Gasteiger partial charge in [0.1, 0.15) is 0 Å². The Balaban J connectivity index is 2.00. The summed E-state index contributed by atoms with van der Waals surface area (Å²) >= 11 is 0. The van der Waals surface area contributed by atoms with Gasteiger partial charge in [-0.25, -0.2) is 0 Å². The molecule has 3 fully saturated rings. The highest BCUT2D eigenvalue weighted by Gasteiger charge is 2.59. The normalized spacial score (nSPS) is 52.0. The largest absolute Gasteiger partial charge is 0.380 e. The van der Waals surface area contributed by atoms with Crippen molar-refractivity contribution in [2.24, 2.45) is 10.8 Å². The second kappa shape index (κ2) is 2.24. The zero-order valence-corrected chi connectivity index (χ0v) is 7.57. The van der Waals surface area contributed by atoms with Crippen LogP contribution < -0.4 is 5.32 Å². The monoisotopic (exact) mass is 167 g/mol. The van der Waals surface area contributed by atoms with Crippen molar-refractivity contribution in [3.05, 3.63) is 0 Å². The average molecular weight is 167 g/mol. The topological polar surface area (TPSA) is 21.3 Å². The Kier molecular flexibility index (Phi) is 1.37. The summed E-state index contributed by atoms with van der Waals surface area (Å²) in [5, 5.41) is 3.57. The molecule has 1 N–H and O–H groups in total. The van der Waals surface area contributed by atoms with Gasteiger partial charge in [-0.2, -0.15) is 0 Å². The SMILES string of the molecule is C1CC[C@]23CNC[C@]2(C1)COC3. The second-order valence-electron chi connectivity index (χ2n) is 4.86. The van der Waals surface area contributed by atoms with Gasteiger partial charge >= 0.3 is 0 Å². The van der Waals surface area contributed by atoms with Crippen LogP contribution in [0.5, 0.6) is 0 Å². The van der Waals surface area contributed by atoms with Crippen molar-refractivity contribution in [3.63, 3.8) is 0 Å². The summed E-state index contributed by atoms with van der Waals surface area (Å²) in [5.74, 6) is 0. The molecule has 0 spiro atoms. The molecule has 2 atom stereocenters. The predicted octanol–water partition coefficient (Wildman–Crippen LogP) is 1.17. The van der Waals surface area contributed by atoms with E-state index in [0.717, 1.165) is 13.2 Å². The van der Waals surface area contributed by atoms with Crippen molar-refractivity contribution >= 4 is 0 Å². The number of ether oxygens (including phenoxy) is 1. The average Bonchev–Trinajstić information content (AvgIpc) is 2.57. The van der Waals surface area contributed by atoms with E-state index >= 15 is 0 Å². The molecule has 3 rings (SSSR count). The molecule has 0 aromatic rings. The Morgan fingerprint density at radius 2 is 1.50 bits per heavy atom. The fourth-order valence-corrected chi connectivity index (χ4v) is 3.54. The van der Waals surface area contributed by atoms with Crippen LogP contribution in [0.2, 0.25) is 0 Å². The van der Waals surface area contributed by atoms with Gasteiger partial charge < -0.3 is 10.1 Å². The van der Waals surface area contributed by atoms with Crippen LogP contribution in [0, 0.1) is 10.8 Å². The molecule has 2 saturated heterocycles. The first-order valence-electron chi connectivity index (χ1n) is 5.16. The number of hydrogen-bond acceptors (Lipinski definition) is 2. The summed E-state index contributed by atoms with van der Waals surface area (Å²) in [6.07, 6.45) is 5.65. The maximum absolute atomic E-state index is 5.70. The van der Waals surface area contributed by atoms with Gasteiger partial charge in [-0.15, -0.1) is 0 Å². The van der Waals surface area contributed by atoms with Crippen molar-refractivity contribution in [2.45, 2.75) is 25.7 Å². The van der Waals surface area contributed by atoms with Crippen molar-refractivity contribution in [3.8, 4) is 0 Å². The van der Waals surface area contributed by atoms with E-state index in [1.54, 1.807) is 0 Å². The van der Waals surface area contributed by atoms with Crippen LogP contribution in [0.15, 0.2) is 0 Å². The summed E-state index contributed by atoms with van der Waals surface area (Å²) in [4.78, 5) is 0. The molecule has 0 radical (unpaired) electrons. The lowest BCUT2D eigenvalue weighted by atomic mass is 9.60. The van der Waals surface area contributed by atoms with Crippen LogP contribution in [0.4, 0.5) is 0 Å². The predicted molar refractivity (Wildman–Crippen MR) is 47.0 cm³/mol. The van der Waals surface area contributed by atoms with Crippen molar-refractivity contribution in [2.75, 3.05) is 26.3 Å². The highest BCUT2D eigenvalue weighted by Crippen LogP contribution is 2.56. The van der Waals surface area contributed by atoms with Crippen LogP contribution in [0.25, 0.3) is 0 Å². The smallest absolute Gasteiger partial charge is 0.0541 e. The lowest BCUT2D eigenvalue weighted by Gasteiger charge is -2.41. The zero-order valence-electron chi connectivity index (χ0n) is 7.57. The molecule has 2 aliphatic heterocycles. The molecule has 2 heterocycles. The molecule has 1 saturated carbocycles. The lowest BCUT2D eigenvalue weighted by molar-refractivity contribution is 0.0945. The van der Waals surface area contributed by atoms with Crippen molar-refractivity contribution in [1.29, 1.82) is 0 Å². The molecule has 0 aromatic heterocycles. The Morgan fingerprint density at radius 3 is 2.08 bits per heavy atom. The van der Waals surface area contributed by atoms with Gasteiger partial charge in [-0.3, -0.25) is 0 Å². The summed E-state index contributed by atoms with van der Waals surface area (Å²) in [7, 11) is 0. The second-order valence-corrected chi connectivity index (χ2v) is 4.86. The zero-order chi connectivity index (χ0) is 8.07. The van der Waals surface area contributed by atoms with Crippen molar-refractivity contribution < 1.29 is 4.74 Å². The molecule has 0 amide bonds. The van der Waals surface area contributed by atoms with Crippen LogP contribution in [-0.2, 0) is 4.74 Å². The summed E-state index contributed by atoms with van der Waals surface area (Å²) in [6.45, 7) is 4.49. The van der Waals surface area contributed by atoms with E-state index in [1.165, 1.54) is 38.8 Å². The quantitative estimate of drug-likeness (QED) is 0.584. The van der Waals surface area contributed by atoms with Gasteiger partial charge in [0.2, 0.25) is 0 Å². The molecular weight excluding hydrogens is 150 g/mol. The lowest BCUT2D eigenvalue weighted by Crippen LogP contribution is -2.42. The van der Waals surface area contributed by atoms with Gasteiger partial charge in [0.05, 0.1) is 13.2 Å². The molecule has 0 bridgehead atoms. The fraction of sp³-hybridized carbons (Fsp3) is 1.00. The van der Waals surface area contributed by atoms with Gasteiger partial charge in [0.15, 0.2) is 0 Å². The van der Waals surface area contributed by atoms with Gasteiger partial charge in [-0.05, 0) is 12.8 Å². The van der Waals surface area contributed by atoms with Crippen LogP contribution in [0.3, 0.4) is 0 Å². The number of nitrogens with one attached hydrogen (secondary N) is 1. The Labute approximate surface area is 73.7 Å². The first-order chi connectivity index (χ1) is 5.87. The summed E-state index contributed by atoms with van der Waals surface area (Å²) in [6, 6.07) is 0. The molecule has 0 unspecified atom stereocenters. The molecule has 0 aromatic carbocycles. The van der Waals surface area contributed by atoms with Gasteiger partial charge in [0.25, 0.3) is 0 Å². The third kappa shape index (κ3) is 0.686. The van der Waals surface area contributed by atoms with Crippen LogP contribution in [-0.4, -0.2) is 26.3 Å². The molecule has 2 heteroatoms. The minimum Gasteiger partial charge on any atom is -0.380 e. The molecule has 3 aliphatic rings. The van der Waals surface area contributed by atoms with Crippen molar-refractivity contribution in [1.82, 2.24) is 5.32 Å². The van der Waals surface area contributed by atoms with Crippen LogP contribution in [0.1, 0.15) is 25.7 Å². The van der Waals surface area contributed by atoms with Crippen LogP contribution >= 0.6 is 0 Å². The molecule has 12 heavy (non-hydrogen) atoms. The van der Waals surface area contributed by atoms with E-state index in [4.69, 9.17) is 4.74 Å². The first kappa shape index (κ1) is 7.34. The minimum absolute atomic E-state index is 0.547. The maximum Gasteiger partial charge on any atom is 0.0541 e. The van der Waals surface area contributed by atoms with Gasteiger partial charge in [0, 0.05) is 23.9 Å². The minimum atomic E-state index is 0.547. The highest BCUT2D eigenvalue weighted by atomic mass is 16.5. The van der Waals surface area contributed by atoms with E-state index in [-0.39, 0.29) is 0 Å². The molecule has 68 valence electrons. The molecule has 1 aliphatic carbocycles. The Morgan fingerprint density at radius 1 is 0.917 bits per heavy atom. The van der Waals surface area contributed by atoms with E-state index in [1.807, 2.05) is 0 Å². The number of rotatable bonds is 0. The first-order valence-corrected chi connectivity index (χ1v) is 5.16. The Bertz CT molecular complexity index is 172. The third-order valence-electron chi connectivity index (χ3n) is 4.37. The maximum atomic E-state index is 5.70. The van der Waals surface area contributed by atoms with Gasteiger partial charge in [-0.1, -0.05) is 12.8 Å². The third-order valence-corrected chi connectivity index (χ3v) is 4.37. The molecule has 2 nitrogen and oxygen atoms in total. The standard InChI is InChI=1S/C10H17NO/c1-2-4-10-6-11-5-9(10,3-1)7-12-8-10/h11H,1-8H2/t9-,10-/m1/s1. The number of hydrogen-bond donors (Lipinski definition) is 1. The van der Waals surface area contributed by atoms with E-state index in [2.05, 4.69) is 5.32 Å². The Hall–Kier alpha value is -0.0800. The molecular formula is C10H17NO. The van der Waals surface area contributed by atoms with E-state index in [0.29, 0.717) is 10.8 Å². The fourth-order valence-electron chi connectivity index (χ4n) is 3.54. The van der Waals surface area contributed by atoms with E-state index < -0.39 is 0 Å². The highest BCUT2D eigenvalue weighted by molar-refractivity contribution is 5.10. The van der Waals surface area contributed by atoms with E-state index in [9.17, 15) is 0 Å². The summed E-state index contributed by atoms with van der Waals surface area (Å²) in [5.41, 5.74) is 1.09. The summed E-state index contributed by atoms with van der Waals surface area (Å²) < 4.78 is 5.70.